The van der Waals surface area contributed by atoms with Crippen LogP contribution in [0.5, 0.6) is 11.5 Å². The normalized spacial score (nSPS) is 12.4. The number of benzene rings is 3. The van der Waals surface area contributed by atoms with Crippen molar-refractivity contribution in [3.05, 3.63) is 103 Å². The Labute approximate surface area is 214 Å². The third kappa shape index (κ3) is 5.45. The molecule has 2 aromatic heterocycles. The number of hydrogen-bond acceptors (Lipinski definition) is 5. The smallest absolute Gasteiger partial charge is 0.269 e. The summed E-state index contributed by atoms with van der Waals surface area (Å²) in [6, 6.07) is 18.9. The molecule has 9 heteroatoms. The maximum atomic E-state index is 13.3. The molecule has 8 nitrogen and oxygen atoms in total. The first kappa shape index (κ1) is 25.4. The standard InChI is InChI=1S/C27H24FN5O3.CH4/c1-17(32-27(34)24-15-29-16-30-24)26(18-4-3-5-22(12-18)35-2)36-23-10-11-25-19(13-23)14-31-33(25)21-8-6-20(28)7-9-21;/h3-17,26H,1-2H3,(H,29,30)(H,32,34);1H4/t17-,26-;/m0./s1. The summed E-state index contributed by atoms with van der Waals surface area (Å²) in [7, 11) is 1.60. The van der Waals surface area contributed by atoms with Gasteiger partial charge in [-0.05, 0) is 67.1 Å². The van der Waals surface area contributed by atoms with Gasteiger partial charge in [0.25, 0.3) is 5.91 Å². The van der Waals surface area contributed by atoms with Crippen molar-refractivity contribution in [1.82, 2.24) is 25.1 Å². The minimum Gasteiger partial charge on any atom is -0.497 e. The summed E-state index contributed by atoms with van der Waals surface area (Å²) in [6.07, 6.45) is 4.14. The molecule has 0 aliphatic carbocycles. The number of hydrogen-bond donors (Lipinski definition) is 2. The molecule has 37 heavy (non-hydrogen) atoms. The van der Waals surface area contributed by atoms with E-state index in [1.165, 1.54) is 24.7 Å². The van der Waals surface area contributed by atoms with E-state index >= 15 is 0 Å². The number of carbonyl (C=O) groups excluding carboxylic acids is 1. The summed E-state index contributed by atoms with van der Waals surface area (Å²) in [5, 5.41) is 8.29. The molecule has 190 valence electrons. The maximum absolute atomic E-state index is 13.3. The summed E-state index contributed by atoms with van der Waals surface area (Å²) < 4.78 is 26.9. The lowest BCUT2D eigenvalue weighted by atomic mass is 10.0. The Morgan fingerprint density at radius 2 is 1.86 bits per heavy atom. The van der Waals surface area contributed by atoms with Gasteiger partial charge >= 0.3 is 0 Å². The number of nitrogens with one attached hydrogen (secondary N) is 2. The van der Waals surface area contributed by atoms with Crippen molar-refractivity contribution >= 4 is 16.8 Å². The highest BCUT2D eigenvalue weighted by Gasteiger charge is 2.25. The third-order valence-electron chi connectivity index (χ3n) is 5.85. The molecule has 0 radical (unpaired) electrons. The minimum absolute atomic E-state index is 0. The quantitative estimate of drug-likeness (QED) is 0.294. The minimum atomic E-state index is -0.517. The Hall–Kier alpha value is -4.66. The van der Waals surface area contributed by atoms with Crippen LogP contribution in [0.2, 0.25) is 0 Å². The predicted octanol–water partition coefficient (Wildman–Crippen LogP) is 5.47. The van der Waals surface area contributed by atoms with Crippen LogP contribution in [0.25, 0.3) is 16.6 Å². The number of carbonyl (C=O) groups is 1. The highest BCUT2D eigenvalue weighted by molar-refractivity contribution is 5.92. The number of amides is 1. The van der Waals surface area contributed by atoms with Crippen LogP contribution in [0, 0.1) is 5.82 Å². The molecule has 2 atom stereocenters. The molecule has 5 aromatic rings. The third-order valence-corrected chi connectivity index (χ3v) is 5.85. The Morgan fingerprint density at radius 3 is 2.59 bits per heavy atom. The molecule has 0 bridgehead atoms. The van der Waals surface area contributed by atoms with Crippen LogP contribution in [0.4, 0.5) is 4.39 Å². The van der Waals surface area contributed by atoms with Crippen molar-refractivity contribution in [3.63, 3.8) is 0 Å². The molecule has 2 heterocycles. The van der Waals surface area contributed by atoms with E-state index in [1.54, 1.807) is 30.1 Å². The molecular formula is C28H28FN5O3. The second kappa shape index (κ2) is 10.9. The molecule has 5 rings (SSSR count). The van der Waals surface area contributed by atoms with E-state index in [0.717, 1.165) is 22.2 Å². The van der Waals surface area contributed by atoms with Crippen LogP contribution >= 0.6 is 0 Å². The van der Waals surface area contributed by atoms with Gasteiger partial charge in [0, 0.05) is 5.39 Å². The van der Waals surface area contributed by atoms with Gasteiger partial charge in [0.2, 0.25) is 0 Å². The van der Waals surface area contributed by atoms with Gasteiger partial charge in [0.15, 0.2) is 0 Å². The van der Waals surface area contributed by atoms with Gasteiger partial charge in [-0.25, -0.2) is 14.1 Å². The number of rotatable bonds is 8. The molecule has 0 aliphatic heterocycles. The maximum Gasteiger partial charge on any atom is 0.269 e. The molecular weight excluding hydrogens is 473 g/mol. The molecule has 0 saturated heterocycles. The zero-order chi connectivity index (χ0) is 25.1. The van der Waals surface area contributed by atoms with E-state index in [0.29, 0.717) is 17.2 Å². The molecule has 0 spiro atoms. The van der Waals surface area contributed by atoms with Crippen LogP contribution < -0.4 is 14.8 Å². The topological polar surface area (TPSA) is 94.1 Å². The zero-order valence-corrected chi connectivity index (χ0v) is 19.7. The van der Waals surface area contributed by atoms with Gasteiger partial charge in [-0.1, -0.05) is 19.6 Å². The molecule has 0 saturated carbocycles. The molecule has 1 amide bonds. The highest BCUT2D eigenvalue weighted by Crippen LogP contribution is 2.30. The average Bonchev–Trinajstić information content (AvgIpc) is 3.58. The Morgan fingerprint density at radius 1 is 1.05 bits per heavy atom. The molecule has 0 aliphatic rings. The van der Waals surface area contributed by atoms with Crippen LogP contribution in [0.1, 0.15) is 36.5 Å². The largest absolute Gasteiger partial charge is 0.497 e. The number of H-pyrrole nitrogens is 1. The van der Waals surface area contributed by atoms with E-state index < -0.39 is 12.1 Å². The fourth-order valence-electron chi connectivity index (χ4n) is 4.04. The first-order valence-electron chi connectivity index (χ1n) is 11.4. The average molecular weight is 502 g/mol. The second-order valence-electron chi connectivity index (χ2n) is 8.30. The number of imidazole rings is 1. The van der Waals surface area contributed by atoms with E-state index in [9.17, 15) is 9.18 Å². The van der Waals surface area contributed by atoms with Crippen molar-refractivity contribution in [3.8, 4) is 17.2 Å². The lowest BCUT2D eigenvalue weighted by Crippen LogP contribution is -2.39. The summed E-state index contributed by atoms with van der Waals surface area (Å²) in [6.45, 7) is 1.88. The fourth-order valence-corrected chi connectivity index (χ4v) is 4.04. The van der Waals surface area contributed by atoms with Crippen LogP contribution in [0.3, 0.4) is 0 Å². The predicted molar refractivity (Wildman–Crippen MR) is 140 cm³/mol. The molecule has 0 unspecified atom stereocenters. The lowest BCUT2D eigenvalue weighted by molar-refractivity contribution is 0.0877. The van der Waals surface area contributed by atoms with Crippen molar-refractivity contribution in [2.45, 2.75) is 26.5 Å². The number of halogens is 1. The van der Waals surface area contributed by atoms with Crippen LogP contribution in [0.15, 0.2) is 85.5 Å². The lowest BCUT2D eigenvalue weighted by Gasteiger charge is -2.26. The first-order chi connectivity index (χ1) is 17.5. The Balaban J connectivity index is 0.00000320. The molecule has 2 N–H and O–H groups in total. The van der Waals surface area contributed by atoms with Crippen LogP contribution in [-0.2, 0) is 0 Å². The molecule has 3 aromatic carbocycles. The number of nitrogens with zero attached hydrogens (tertiary/aromatic N) is 3. The van der Waals surface area contributed by atoms with E-state index in [4.69, 9.17) is 9.47 Å². The van der Waals surface area contributed by atoms with Gasteiger partial charge in [-0.15, -0.1) is 0 Å². The summed E-state index contributed by atoms with van der Waals surface area (Å²) >= 11 is 0. The second-order valence-corrected chi connectivity index (χ2v) is 8.30. The Kier molecular flexibility index (Phi) is 7.52. The summed E-state index contributed by atoms with van der Waals surface area (Å²) in [4.78, 5) is 19.4. The first-order valence-corrected chi connectivity index (χ1v) is 11.4. The summed E-state index contributed by atoms with van der Waals surface area (Å²) in [5.41, 5.74) is 2.81. The van der Waals surface area contributed by atoms with Crippen molar-refractivity contribution in [2.24, 2.45) is 0 Å². The number of aromatic nitrogens is 4. The zero-order valence-electron chi connectivity index (χ0n) is 19.7. The van der Waals surface area contributed by atoms with Crippen LogP contribution in [-0.4, -0.2) is 38.8 Å². The number of aromatic amines is 1. The van der Waals surface area contributed by atoms with Gasteiger partial charge in [-0.2, -0.15) is 5.10 Å². The fraction of sp³-hybridized carbons (Fsp3) is 0.179. The highest BCUT2D eigenvalue weighted by atomic mass is 19.1. The summed E-state index contributed by atoms with van der Waals surface area (Å²) in [5.74, 6) is 0.705. The number of methoxy groups -OCH3 is 1. The van der Waals surface area contributed by atoms with Gasteiger partial charge in [0.05, 0.1) is 43.1 Å². The molecule has 0 fully saturated rings. The van der Waals surface area contributed by atoms with Crippen molar-refractivity contribution in [2.75, 3.05) is 7.11 Å². The van der Waals surface area contributed by atoms with Crippen molar-refractivity contribution in [1.29, 1.82) is 0 Å². The monoisotopic (exact) mass is 501 g/mol. The van der Waals surface area contributed by atoms with Crippen molar-refractivity contribution < 1.29 is 18.7 Å². The van der Waals surface area contributed by atoms with Gasteiger partial charge in [-0.3, -0.25) is 4.79 Å². The van der Waals surface area contributed by atoms with Gasteiger partial charge in [0.1, 0.15) is 29.1 Å². The van der Waals surface area contributed by atoms with E-state index in [-0.39, 0.29) is 19.2 Å². The number of ether oxygens (including phenoxy) is 2. The Bertz CT molecular complexity index is 1480. The number of fused-ring (bicyclic) bond motifs is 1. The SMILES string of the molecule is C.COc1cccc([C@@H](Oc2ccc3c(cnn3-c3ccc(F)cc3)c2)[C@H](C)NC(=O)c2cnc[nH]2)c1. The van der Waals surface area contributed by atoms with E-state index in [2.05, 4.69) is 20.4 Å². The van der Waals surface area contributed by atoms with Gasteiger partial charge < -0.3 is 19.8 Å². The van der Waals surface area contributed by atoms with E-state index in [1.807, 2.05) is 49.4 Å².